The van der Waals surface area contributed by atoms with Crippen molar-refractivity contribution in [1.82, 2.24) is 9.97 Å². The summed E-state index contributed by atoms with van der Waals surface area (Å²) in [6.07, 6.45) is 4.00. The van der Waals surface area contributed by atoms with Crippen LogP contribution in [0.2, 0.25) is 0 Å². The van der Waals surface area contributed by atoms with Crippen LogP contribution >= 0.6 is 0 Å². The monoisotopic (exact) mass is 284 g/mol. The normalized spacial score (nSPS) is 12.0. The van der Waals surface area contributed by atoms with Crippen LogP contribution in [0.15, 0.2) is 36.5 Å². The minimum Gasteiger partial charge on any atom is -0.367 e. The molecular weight excluding hydrogens is 260 g/mol. The minimum atomic E-state index is 0.369. The third kappa shape index (κ3) is 4.74. The van der Waals surface area contributed by atoms with Crippen molar-refractivity contribution in [2.45, 2.75) is 39.7 Å². The lowest BCUT2D eigenvalue weighted by atomic mass is 10.1. The van der Waals surface area contributed by atoms with E-state index in [-0.39, 0.29) is 0 Å². The van der Waals surface area contributed by atoms with Gasteiger partial charge in [-0.15, -0.1) is 0 Å². The third-order valence-corrected chi connectivity index (χ3v) is 3.40. The zero-order valence-electron chi connectivity index (χ0n) is 13.1. The van der Waals surface area contributed by atoms with E-state index in [1.54, 1.807) is 0 Å². The smallest absolute Gasteiger partial charge is 0.224 e. The van der Waals surface area contributed by atoms with Crippen molar-refractivity contribution in [3.8, 4) is 0 Å². The fourth-order valence-electron chi connectivity index (χ4n) is 2.16. The van der Waals surface area contributed by atoms with Gasteiger partial charge in [0.15, 0.2) is 0 Å². The predicted molar refractivity (Wildman–Crippen MR) is 88.8 cm³/mol. The molecule has 112 valence electrons. The molecule has 0 amide bonds. The molecule has 0 fully saturated rings. The molecule has 4 heteroatoms. The van der Waals surface area contributed by atoms with Crippen molar-refractivity contribution in [3.05, 3.63) is 47.7 Å². The van der Waals surface area contributed by atoms with E-state index in [9.17, 15) is 0 Å². The van der Waals surface area contributed by atoms with Gasteiger partial charge >= 0.3 is 0 Å². The molecule has 0 aliphatic rings. The predicted octanol–water partition coefficient (Wildman–Crippen LogP) is 3.65. The highest BCUT2D eigenvalue weighted by molar-refractivity contribution is 5.46. The van der Waals surface area contributed by atoms with Gasteiger partial charge in [-0.2, -0.15) is 4.98 Å². The van der Waals surface area contributed by atoms with E-state index in [0.29, 0.717) is 12.0 Å². The summed E-state index contributed by atoms with van der Waals surface area (Å²) in [5.41, 5.74) is 2.45. The molecule has 1 aromatic heterocycles. The molecule has 0 aliphatic carbocycles. The maximum atomic E-state index is 4.52. The molecule has 0 saturated carbocycles. The van der Waals surface area contributed by atoms with Crippen LogP contribution in [-0.2, 0) is 6.42 Å². The minimum absolute atomic E-state index is 0.369. The highest BCUT2D eigenvalue weighted by Crippen LogP contribution is 2.15. The van der Waals surface area contributed by atoms with E-state index < -0.39 is 0 Å². The Kier molecular flexibility index (Phi) is 5.55. The van der Waals surface area contributed by atoms with Crippen molar-refractivity contribution in [3.63, 3.8) is 0 Å². The summed E-state index contributed by atoms with van der Waals surface area (Å²) in [4.78, 5) is 8.79. The van der Waals surface area contributed by atoms with E-state index in [0.717, 1.165) is 30.8 Å². The number of nitrogens with zero attached hydrogens (tertiary/aromatic N) is 2. The summed E-state index contributed by atoms with van der Waals surface area (Å²) in [7, 11) is 0. The van der Waals surface area contributed by atoms with Gasteiger partial charge in [0.05, 0.1) is 0 Å². The number of nitrogens with one attached hydrogen (secondary N) is 2. The van der Waals surface area contributed by atoms with E-state index in [4.69, 9.17) is 0 Å². The number of benzene rings is 1. The lowest BCUT2D eigenvalue weighted by Crippen LogP contribution is -2.18. The van der Waals surface area contributed by atoms with Gasteiger partial charge in [0.2, 0.25) is 5.95 Å². The molecule has 2 rings (SSSR count). The van der Waals surface area contributed by atoms with Gasteiger partial charge in [-0.1, -0.05) is 30.3 Å². The molecule has 1 aromatic carbocycles. The van der Waals surface area contributed by atoms with Crippen LogP contribution in [-0.4, -0.2) is 22.6 Å². The number of aryl methyl sites for hydroxylation is 2. The Labute approximate surface area is 127 Å². The number of rotatable bonds is 7. The Morgan fingerprint density at radius 1 is 1.19 bits per heavy atom. The highest BCUT2D eigenvalue weighted by atomic mass is 15.1. The molecule has 2 aromatic rings. The van der Waals surface area contributed by atoms with Gasteiger partial charge in [0.1, 0.15) is 5.82 Å². The number of aromatic nitrogens is 2. The average Bonchev–Trinajstić information content (AvgIpc) is 2.50. The Morgan fingerprint density at radius 2 is 1.95 bits per heavy atom. The quantitative estimate of drug-likeness (QED) is 0.815. The third-order valence-electron chi connectivity index (χ3n) is 3.40. The van der Waals surface area contributed by atoms with Crippen molar-refractivity contribution >= 4 is 11.8 Å². The Morgan fingerprint density at radius 3 is 2.67 bits per heavy atom. The first kappa shape index (κ1) is 15.3. The second-order valence-corrected chi connectivity index (χ2v) is 5.33. The molecular formula is C17H24N4. The molecule has 1 unspecified atom stereocenters. The van der Waals surface area contributed by atoms with Crippen molar-refractivity contribution < 1.29 is 0 Å². The highest BCUT2D eigenvalue weighted by Gasteiger charge is 2.07. The standard InChI is InChI=1S/C17H24N4/c1-4-18-17-19-12-13(2)16(21-17)20-14(3)10-11-15-8-6-5-7-9-15/h5-9,12,14H,4,10-11H2,1-3H3,(H2,18,19,20,21). The zero-order chi connectivity index (χ0) is 15.1. The first-order chi connectivity index (χ1) is 10.2. The van der Waals surface area contributed by atoms with Crippen LogP contribution in [0.3, 0.4) is 0 Å². The summed E-state index contributed by atoms with van der Waals surface area (Å²) in [5, 5.41) is 6.63. The second-order valence-electron chi connectivity index (χ2n) is 5.33. The van der Waals surface area contributed by atoms with Crippen LogP contribution in [0.4, 0.5) is 11.8 Å². The van der Waals surface area contributed by atoms with Gasteiger partial charge in [0, 0.05) is 24.3 Å². The van der Waals surface area contributed by atoms with Gasteiger partial charge < -0.3 is 10.6 Å². The molecule has 0 aliphatic heterocycles. The van der Waals surface area contributed by atoms with Crippen LogP contribution in [0.25, 0.3) is 0 Å². The van der Waals surface area contributed by atoms with Crippen LogP contribution in [0.5, 0.6) is 0 Å². The maximum absolute atomic E-state index is 4.52. The summed E-state index contributed by atoms with van der Waals surface area (Å²) < 4.78 is 0. The van der Waals surface area contributed by atoms with Gasteiger partial charge in [-0.25, -0.2) is 4.98 Å². The summed E-state index contributed by atoms with van der Waals surface area (Å²) in [6.45, 7) is 7.09. The van der Waals surface area contributed by atoms with Crippen LogP contribution in [0.1, 0.15) is 31.4 Å². The Balaban J connectivity index is 1.92. The fraction of sp³-hybridized carbons (Fsp3) is 0.412. The molecule has 4 nitrogen and oxygen atoms in total. The lowest BCUT2D eigenvalue weighted by Gasteiger charge is -2.16. The summed E-state index contributed by atoms with van der Waals surface area (Å²) in [6, 6.07) is 10.9. The van der Waals surface area contributed by atoms with Crippen LogP contribution < -0.4 is 10.6 Å². The molecule has 1 heterocycles. The second kappa shape index (κ2) is 7.62. The summed E-state index contributed by atoms with van der Waals surface area (Å²) >= 11 is 0. The first-order valence-corrected chi connectivity index (χ1v) is 7.57. The SMILES string of the molecule is CCNc1ncc(C)c(NC(C)CCc2ccccc2)n1. The number of anilines is 2. The zero-order valence-corrected chi connectivity index (χ0v) is 13.1. The summed E-state index contributed by atoms with van der Waals surface area (Å²) in [5.74, 6) is 1.60. The number of hydrogen-bond donors (Lipinski definition) is 2. The first-order valence-electron chi connectivity index (χ1n) is 7.57. The van der Waals surface area contributed by atoms with Gasteiger partial charge in [-0.3, -0.25) is 0 Å². The Hall–Kier alpha value is -2.10. The molecule has 2 N–H and O–H groups in total. The number of hydrogen-bond acceptors (Lipinski definition) is 4. The molecule has 0 radical (unpaired) electrons. The molecule has 0 bridgehead atoms. The molecule has 21 heavy (non-hydrogen) atoms. The Bertz CT molecular complexity index is 554. The van der Waals surface area contributed by atoms with E-state index in [1.807, 2.05) is 20.0 Å². The molecule has 0 saturated heterocycles. The van der Waals surface area contributed by atoms with Crippen molar-refractivity contribution in [2.24, 2.45) is 0 Å². The van der Waals surface area contributed by atoms with E-state index >= 15 is 0 Å². The lowest BCUT2D eigenvalue weighted by molar-refractivity contribution is 0.701. The largest absolute Gasteiger partial charge is 0.367 e. The van der Waals surface area contributed by atoms with E-state index in [1.165, 1.54) is 5.56 Å². The van der Waals surface area contributed by atoms with Crippen molar-refractivity contribution in [2.75, 3.05) is 17.2 Å². The van der Waals surface area contributed by atoms with Crippen molar-refractivity contribution in [1.29, 1.82) is 0 Å². The molecule has 1 atom stereocenters. The molecule has 0 spiro atoms. The average molecular weight is 284 g/mol. The van der Waals surface area contributed by atoms with Gasteiger partial charge in [-0.05, 0) is 39.2 Å². The maximum Gasteiger partial charge on any atom is 0.224 e. The topological polar surface area (TPSA) is 49.8 Å². The van der Waals surface area contributed by atoms with Crippen LogP contribution in [0, 0.1) is 6.92 Å². The fourth-order valence-corrected chi connectivity index (χ4v) is 2.16. The van der Waals surface area contributed by atoms with Gasteiger partial charge in [0.25, 0.3) is 0 Å². The van der Waals surface area contributed by atoms with E-state index in [2.05, 4.69) is 57.9 Å².